The number of nitrogens with two attached hydrogens (primary N) is 1. The SMILES string of the molecule is COc1ccc(C(NNC(N)=S)C2=C(O)c3ccc(OC)cc3CC2)cc1. The Hall–Kier alpha value is -2.77. The molecule has 3 rings (SSSR count). The molecule has 142 valence electrons. The van der Waals surface area contributed by atoms with Crippen LogP contribution in [0.3, 0.4) is 0 Å². The second-order valence-corrected chi connectivity index (χ2v) is 6.68. The molecule has 0 fully saturated rings. The zero-order valence-corrected chi connectivity index (χ0v) is 16.1. The number of hydrazine groups is 1. The van der Waals surface area contributed by atoms with Crippen molar-refractivity contribution in [3.8, 4) is 11.5 Å². The van der Waals surface area contributed by atoms with Gasteiger partial charge in [0.2, 0.25) is 0 Å². The Morgan fingerprint density at radius 3 is 2.37 bits per heavy atom. The number of rotatable bonds is 6. The van der Waals surface area contributed by atoms with E-state index in [1.807, 2.05) is 42.5 Å². The molecule has 1 aliphatic carbocycles. The molecular weight excluding hydrogens is 362 g/mol. The third-order valence-electron chi connectivity index (χ3n) is 4.67. The van der Waals surface area contributed by atoms with Gasteiger partial charge in [-0.15, -0.1) is 0 Å². The normalized spacial score (nSPS) is 14.3. The minimum Gasteiger partial charge on any atom is -0.507 e. The van der Waals surface area contributed by atoms with Crippen molar-refractivity contribution in [2.75, 3.05) is 14.2 Å². The summed E-state index contributed by atoms with van der Waals surface area (Å²) in [6.07, 6.45) is 1.49. The number of hydrogen-bond donors (Lipinski definition) is 4. The maximum Gasteiger partial charge on any atom is 0.178 e. The van der Waals surface area contributed by atoms with Crippen molar-refractivity contribution in [2.45, 2.75) is 18.9 Å². The van der Waals surface area contributed by atoms with Crippen LogP contribution in [-0.2, 0) is 6.42 Å². The standard InChI is InChI=1S/C20H23N3O3S/c1-25-14-6-3-12(4-7-14)18(22-23-20(21)27)17-9-5-13-11-15(26-2)8-10-16(13)19(17)24/h3-4,6-8,10-11,18,22,24H,5,9H2,1-2H3,(H3,21,23,27). The van der Waals surface area contributed by atoms with Gasteiger partial charge in [-0.25, -0.2) is 5.43 Å². The summed E-state index contributed by atoms with van der Waals surface area (Å²) in [7, 11) is 3.26. The molecule has 0 spiro atoms. The minimum absolute atomic E-state index is 0.134. The molecule has 6 nitrogen and oxygen atoms in total. The second-order valence-electron chi connectivity index (χ2n) is 6.24. The Balaban J connectivity index is 2.00. The van der Waals surface area contributed by atoms with Crippen LogP contribution in [-0.4, -0.2) is 24.4 Å². The highest BCUT2D eigenvalue weighted by molar-refractivity contribution is 7.80. The van der Waals surface area contributed by atoms with Crippen molar-refractivity contribution in [3.63, 3.8) is 0 Å². The topological polar surface area (TPSA) is 88.8 Å². The first-order valence-electron chi connectivity index (χ1n) is 8.57. The summed E-state index contributed by atoms with van der Waals surface area (Å²) in [5.74, 6) is 1.81. The number of hydrogen-bond acceptors (Lipinski definition) is 5. The highest BCUT2D eigenvalue weighted by atomic mass is 32.1. The molecule has 5 N–H and O–H groups in total. The first kappa shape index (κ1) is 19.0. The van der Waals surface area contributed by atoms with Gasteiger partial charge in [0.05, 0.1) is 20.3 Å². The van der Waals surface area contributed by atoms with Gasteiger partial charge in [0.1, 0.15) is 17.3 Å². The van der Waals surface area contributed by atoms with Crippen molar-refractivity contribution in [1.82, 2.24) is 10.9 Å². The second kappa shape index (κ2) is 8.28. The lowest BCUT2D eigenvalue weighted by molar-refractivity contribution is 0.413. The van der Waals surface area contributed by atoms with E-state index in [1.54, 1.807) is 14.2 Å². The molecule has 2 aromatic rings. The Labute approximate surface area is 164 Å². The van der Waals surface area contributed by atoms with Crippen LogP contribution in [0.1, 0.15) is 29.2 Å². The van der Waals surface area contributed by atoms with Crippen molar-refractivity contribution in [1.29, 1.82) is 0 Å². The predicted molar refractivity (Wildman–Crippen MR) is 110 cm³/mol. The van der Waals surface area contributed by atoms with Gasteiger partial charge in [-0.3, -0.25) is 5.43 Å². The Kier molecular flexibility index (Phi) is 5.83. The molecule has 0 heterocycles. The van der Waals surface area contributed by atoms with Crippen LogP contribution in [0, 0.1) is 0 Å². The molecule has 1 atom stereocenters. The molecule has 7 heteroatoms. The number of aliphatic hydroxyl groups excluding tert-OH is 1. The van der Waals surface area contributed by atoms with Gasteiger partial charge in [0, 0.05) is 5.56 Å². The number of nitrogens with one attached hydrogen (secondary N) is 2. The summed E-state index contributed by atoms with van der Waals surface area (Å²) < 4.78 is 10.5. The van der Waals surface area contributed by atoms with E-state index in [4.69, 9.17) is 27.4 Å². The minimum atomic E-state index is -0.298. The summed E-state index contributed by atoms with van der Waals surface area (Å²) >= 11 is 4.92. The van der Waals surface area contributed by atoms with Crippen molar-refractivity contribution in [3.05, 3.63) is 64.7 Å². The predicted octanol–water partition coefficient (Wildman–Crippen LogP) is 3.00. The number of aryl methyl sites for hydroxylation is 1. The molecule has 0 bridgehead atoms. The first-order valence-corrected chi connectivity index (χ1v) is 8.98. The number of methoxy groups -OCH3 is 2. The number of thiocarbonyl (C=S) groups is 1. The Bertz CT molecular complexity index is 865. The van der Waals surface area contributed by atoms with Crippen LogP contribution >= 0.6 is 12.2 Å². The van der Waals surface area contributed by atoms with Gasteiger partial charge in [-0.05, 0) is 72.1 Å². The van der Waals surface area contributed by atoms with Gasteiger partial charge in [-0.2, -0.15) is 0 Å². The summed E-state index contributed by atoms with van der Waals surface area (Å²) in [5.41, 5.74) is 15.2. The van der Waals surface area contributed by atoms with Gasteiger partial charge in [-0.1, -0.05) is 12.1 Å². The van der Waals surface area contributed by atoms with E-state index in [9.17, 15) is 5.11 Å². The van der Waals surface area contributed by atoms with Crippen molar-refractivity contribution in [2.24, 2.45) is 5.73 Å². The lowest BCUT2D eigenvalue weighted by Crippen LogP contribution is -2.43. The van der Waals surface area contributed by atoms with Crippen LogP contribution in [0.5, 0.6) is 11.5 Å². The molecule has 27 heavy (non-hydrogen) atoms. The van der Waals surface area contributed by atoms with Crippen LogP contribution in [0.25, 0.3) is 5.76 Å². The third kappa shape index (κ3) is 4.15. The third-order valence-corrected chi connectivity index (χ3v) is 4.77. The summed E-state index contributed by atoms with van der Waals surface area (Å²) in [4.78, 5) is 0. The first-order chi connectivity index (χ1) is 13.0. The fourth-order valence-corrected chi connectivity index (χ4v) is 3.35. The fraction of sp³-hybridized carbons (Fsp3) is 0.250. The van der Waals surface area contributed by atoms with E-state index < -0.39 is 0 Å². The number of ether oxygens (including phenoxy) is 2. The highest BCUT2D eigenvalue weighted by Gasteiger charge is 2.26. The molecule has 0 aromatic heterocycles. The summed E-state index contributed by atoms with van der Waals surface area (Å²) in [6, 6.07) is 13.0. The van der Waals surface area contributed by atoms with E-state index in [0.717, 1.165) is 40.2 Å². The van der Waals surface area contributed by atoms with Crippen molar-refractivity contribution < 1.29 is 14.6 Å². The van der Waals surface area contributed by atoms with Crippen LogP contribution in [0.4, 0.5) is 0 Å². The molecule has 0 aliphatic heterocycles. The van der Waals surface area contributed by atoms with Gasteiger partial charge in [0.25, 0.3) is 0 Å². The molecule has 1 aliphatic rings. The maximum absolute atomic E-state index is 11.0. The van der Waals surface area contributed by atoms with E-state index >= 15 is 0 Å². The average Bonchev–Trinajstić information content (AvgIpc) is 2.69. The molecule has 1 unspecified atom stereocenters. The van der Waals surface area contributed by atoms with E-state index in [0.29, 0.717) is 6.42 Å². The molecule has 2 aromatic carbocycles. The fourth-order valence-electron chi connectivity index (χ4n) is 3.29. The number of aliphatic hydroxyl groups is 1. The highest BCUT2D eigenvalue weighted by Crippen LogP contribution is 2.38. The quantitative estimate of drug-likeness (QED) is 0.449. The number of fused-ring (bicyclic) bond motifs is 1. The zero-order valence-electron chi connectivity index (χ0n) is 15.3. The molecule has 0 amide bonds. The van der Waals surface area contributed by atoms with Crippen molar-refractivity contribution >= 4 is 23.1 Å². The zero-order chi connectivity index (χ0) is 19.4. The lowest BCUT2D eigenvalue weighted by atomic mass is 9.85. The molecule has 0 radical (unpaired) electrons. The van der Waals surface area contributed by atoms with Gasteiger partial charge in [0.15, 0.2) is 5.11 Å². The largest absolute Gasteiger partial charge is 0.507 e. The van der Waals surface area contributed by atoms with Crippen LogP contribution < -0.4 is 26.1 Å². The van der Waals surface area contributed by atoms with Crippen LogP contribution in [0.15, 0.2) is 48.0 Å². The monoisotopic (exact) mass is 385 g/mol. The van der Waals surface area contributed by atoms with E-state index in [-0.39, 0.29) is 16.9 Å². The molecular formula is C20H23N3O3S. The number of benzene rings is 2. The lowest BCUT2D eigenvalue weighted by Gasteiger charge is -2.28. The van der Waals surface area contributed by atoms with Gasteiger partial charge >= 0.3 is 0 Å². The van der Waals surface area contributed by atoms with E-state index in [1.165, 1.54) is 0 Å². The van der Waals surface area contributed by atoms with Crippen LogP contribution in [0.2, 0.25) is 0 Å². The smallest absolute Gasteiger partial charge is 0.178 e. The van der Waals surface area contributed by atoms with E-state index in [2.05, 4.69) is 10.9 Å². The average molecular weight is 385 g/mol. The maximum atomic E-state index is 11.0. The molecule has 0 saturated carbocycles. The van der Waals surface area contributed by atoms with Gasteiger partial charge < -0.3 is 20.3 Å². The Morgan fingerprint density at radius 1 is 1.07 bits per heavy atom. The molecule has 0 saturated heterocycles. The summed E-state index contributed by atoms with van der Waals surface area (Å²) in [6.45, 7) is 0. The Morgan fingerprint density at radius 2 is 1.74 bits per heavy atom. The summed E-state index contributed by atoms with van der Waals surface area (Å²) in [5, 5.41) is 11.1.